The predicted octanol–water partition coefficient (Wildman–Crippen LogP) is -2.97. The predicted molar refractivity (Wildman–Crippen MR) is 69.3 cm³/mol. The first-order valence-electron chi connectivity index (χ1n) is 7.97. The average molecular weight is 328 g/mol. The normalized spacial score (nSPS) is 33.1. The summed E-state index contributed by atoms with van der Waals surface area (Å²) in [6, 6.07) is 10.2. The van der Waals surface area contributed by atoms with Gasteiger partial charge >= 0.3 is 0 Å². The average Bonchev–Trinajstić information content (AvgIpc) is 2.46. The Labute approximate surface area is 132 Å². The van der Waals surface area contributed by atoms with Crippen LogP contribution in [-0.4, -0.2) is 19.1 Å². The van der Waals surface area contributed by atoms with Crippen molar-refractivity contribution in [3.63, 3.8) is 0 Å². The molecule has 2 aliphatic heterocycles. The third kappa shape index (κ3) is 3.62. The second-order valence-corrected chi connectivity index (χ2v) is 7.37. The van der Waals surface area contributed by atoms with E-state index in [4.69, 9.17) is 18.6 Å². The van der Waals surface area contributed by atoms with Gasteiger partial charge in [-0.1, -0.05) is 24.3 Å². The Morgan fingerprint density at radius 1 is 0.955 bits per heavy atom. The molecule has 3 aliphatic rings. The van der Waals surface area contributed by atoms with E-state index in [-0.39, 0.29) is 0 Å². The largest absolute Gasteiger partial charge is 0.332 e. The van der Waals surface area contributed by atoms with Gasteiger partial charge in [0.15, 0.2) is 0 Å². The Hall–Kier alpha value is -0.690. The SMILES string of the molecule is [O-][Cl+3]([O-])([O-])[O-].c1ccc2c(c1)C[C@H]1CCC[NH+]3CCC[C@H]2[C@@H]13. The number of rotatable bonds is 0. The van der Waals surface area contributed by atoms with E-state index >= 15 is 0 Å². The molecule has 1 unspecified atom stereocenters. The van der Waals surface area contributed by atoms with Crippen LogP contribution in [0.15, 0.2) is 24.3 Å². The molecule has 4 rings (SSSR count). The van der Waals surface area contributed by atoms with E-state index in [0.717, 1.165) is 17.9 Å². The van der Waals surface area contributed by atoms with E-state index in [2.05, 4.69) is 24.3 Å². The fourth-order valence-electron chi connectivity index (χ4n) is 4.85. The van der Waals surface area contributed by atoms with Crippen LogP contribution in [0, 0.1) is 16.2 Å². The Bertz CT molecular complexity index is 511. The number of hydrogen-bond acceptors (Lipinski definition) is 4. The number of nitrogens with one attached hydrogen (secondary N) is 1. The van der Waals surface area contributed by atoms with Crippen LogP contribution >= 0.6 is 0 Å². The zero-order valence-corrected chi connectivity index (χ0v) is 13.3. The van der Waals surface area contributed by atoms with Gasteiger partial charge in [0, 0.05) is 11.8 Å². The summed E-state index contributed by atoms with van der Waals surface area (Å²) in [5.41, 5.74) is 3.37. The van der Waals surface area contributed by atoms with Crippen LogP contribution in [0.5, 0.6) is 0 Å². The summed E-state index contributed by atoms with van der Waals surface area (Å²) in [5, 5.41) is 0. The van der Waals surface area contributed by atoms with Crippen LogP contribution in [0.1, 0.15) is 42.7 Å². The smallest absolute Gasteiger partial charge is 0.0975 e. The zero-order valence-electron chi connectivity index (χ0n) is 12.5. The molecule has 6 heteroatoms. The van der Waals surface area contributed by atoms with Gasteiger partial charge in [0.1, 0.15) is 0 Å². The molecule has 5 nitrogen and oxygen atoms in total. The van der Waals surface area contributed by atoms with Gasteiger partial charge in [-0.3, -0.25) is 0 Å². The summed E-state index contributed by atoms with van der Waals surface area (Å²) in [6.07, 6.45) is 7.20. The fourth-order valence-corrected chi connectivity index (χ4v) is 4.85. The minimum Gasteiger partial charge on any atom is -0.332 e. The summed E-state index contributed by atoms with van der Waals surface area (Å²) in [7, 11) is -4.94. The molecule has 1 aliphatic carbocycles. The summed E-state index contributed by atoms with van der Waals surface area (Å²) >= 11 is 0. The van der Waals surface area contributed by atoms with Gasteiger partial charge < -0.3 is 4.90 Å². The van der Waals surface area contributed by atoms with E-state index < -0.39 is 10.2 Å². The van der Waals surface area contributed by atoms with Gasteiger partial charge in [-0.2, -0.15) is 0 Å². The first-order chi connectivity index (χ1) is 10.4. The highest BCUT2D eigenvalue weighted by Gasteiger charge is 2.46. The molecule has 1 N–H and O–H groups in total. The highest BCUT2D eigenvalue weighted by atomic mass is 35.7. The molecular weight excluding hydrogens is 306 g/mol. The van der Waals surface area contributed by atoms with E-state index in [0.29, 0.717) is 0 Å². The van der Waals surface area contributed by atoms with Crippen molar-refractivity contribution >= 4 is 0 Å². The quantitative estimate of drug-likeness (QED) is 0.550. The van der Waals surface area contributed by atoms with E-state index in [1.807, 2.05) is 4.90 Å². The van der Waals surface area contributed by atoms with Gasteiger partial charge in [-0.05, 0) is 43.2 Å². The monoisotopic (exact) mass is 327 g/mol. The number of halogens is 1. The maximum absolute atomic E-state index is 8.49. The number of fused-ring (bicyclic) bond motifs is 2. The van der Waals surface area contributed by atoms with Crippen molar-refractivity contribution in [3.05, 3.63) is 35.4 Å². The number of benzene rings is 1. The second kappa shape index (κ2) is 6.43. The standard InChI is InChI=1S/C16H21N.ClHO4/c1-2-7-14-12(5-1)11-13-6-3-9-17-10-4-8-15(14)16(13)17;2-1(3,4)5/h1-2,5,7,13,15-16H,3-4,6,8-11H2;(H,2,3,4,5)/t13-,15-,16-;/m1./s1. The number of quaternary nitrogens is 1. The summed E-state index contributed by atoms with van der Waals surface area (Å²) in [5.74, 6) is 1.87. The molecule has 0 saturated carbocycles. The molecule has 0 bridgehead atoms. The van der Waals surface area contributed by atoms with Crippen molar-refractivity contribution in [2.24, 2.45) is 5.92 Å². The fraction of sp³-hybridized carbons (Fsp3) is 0.625. The third-order valence-corrected chi connectivity index (χ3v) is 5.44. The van der Waals surface area contributed by atoms with Gasteiger partial charge in [-0.15, -0.1) is 10.2 Å². The lowest BCUT2D eigenvalue weighted by Gasteiger charge is -2.49. The first kappa shape index (κ1) is 16.2. The molecule has 122 valence electrons. The second-order valence-electron chi connectivity index (χ2n) is 6.62. The molecule has 1 aromatic rings. The van der Waals surface area contributed by atoms with Crippen molar-refractivity contribution in [1.82, 2.24) is 0 Å². The third-order valence-electron chi connectivity index (χ3n) is 5.44. The van der Waals surface area contributed by atoms with Crippen molar-refractivity contribution in [1.29, 1.82) is 0 Å². The van der Waals surface area contributed by atoms with Crippen LogP contribution in [0.4, 0.5) is 0 Å². The molecule has 0 radical (unpaired) electrons. The van der Waals surface area contributed by atoms with Gasteiger partial charge in [0.05, 0.1) is 19.1 Å². The van der Waals surface area contributed by atoms with Gasteiger partial charge in [0.25, 0.3) is 0 Å². The van der Waals surface area contributed by atoms with Gasteiger partial charge in [-0.25, -0.2) is 18.6 Å². The Kier molecular flexibility index (Phi) is 4.73. The van der Waals surface area contributed by atoms with Crippen molar-refractivity contribution in [2.75, 3.05) is 13.1 Å². The van der Waals surface area contributed by atoms with Crippen LogP contribution in [0.25, 0.3) is 0 Å². The molecule has 0 amide bonds. The summed E-state index contributed by atoms with van der Waals surface area (Å²) in [4.78, 5) is 1.94. The molecule has 0 spiro atoms. The molecule has 2 fully saturated rings. The molecular formula is C16H22ClNO4. The Morgan fingerprint density at radius 3 is 2.32 bits per heavy atom. The number of piperidine rings is 2. The van der Waals surface area contributed by atoms with E-state index in [1.54, 1.807) is 11.1 Å². The maximum atomic E-state index is 8.49. The van der Waals surface area contributed by atoms with Crippen LogP contribution in [-0.2, 0) is 6.42 Å². The van der Waals surface area contributed by atoms with Crippen LogP contribution in [0.3, 0.4) is 0 Å². The Balaban J connectivity index is 0.000000254. The zero-order chi connectivity index (χ0) is 15.7. The van der Waals surface area contributed by atoms with Gasteiger partial charge in [0.2, 0.25) is 0 Å². The minimum atomic E-state index is -4.94. The summed E-state index contributed by atoms with van der Waals surface area (Å²) in [6.45, 7) is 2.89. The lowest BCUT2D eigenvalue weighted by atomic mass is 9.66. The molecule has 2 saturated heterocycles. The minimum absolute atomic E-state index is 0.883. The highest BCUT2D eigenvalue weighted by Crippen LogP contribution is 2.40. The Morgan fingerprint density at radius 2 is 1.59 bits per heavy atom. The molecule has 4 atom stereocenters. The molecule has 22 heavy (non-hydrogen) atoms. The lowest BCUT2D eigenvalue weighted by Crippen LogP contribution is -3.19. The first-order valence-corrected chi connectivity index (χ1v) is 9.21. The van der Waals surface area contributed by atoms with Crippen molar-refractivity contribution < 1.29 is 33.8 Å². The topological polar surface area (TPSA) is 96.7 Å². The van der Waals surface area contributed by atoms with Crippen LogP contribution in [0.2, 0.25) is 0 Å². The van der Waals surface area contributed by atoms with Crippen LogP contribution < -0.4 is 23.5 Å². The lowest BCUT2D eigenvalue weighted by molar-refractivity contribution is -2.00. The highest BCUT2D eigenvalue weighted by molar-refractivity contribution is 5.35. The molecule has 2 heterocycles. The van der Waals surface area contributed by atoms with Crippen molar-refractivity contribution in [2.45, 2.75) is 44.1 Å². The summed E-state index contributed by atoms with van der Waals surface area (Å²) < 4.78 is 34.0. The van der Waals surface area contributed by atoms with Crippen molar-refractivity contribution in [3.8, 4) is 0 Å². The molecule has 0 aromatic heterocycles. The van der Waals surface area contributed by atoms with E-state index in [9.17, 15) is 0 Å². The van der Waals surface area contributed by atoms with E-state index in [1.165, 1.54) is 45.2 Å². The maximum Gasteiger partial charge on any atom is 0.0975 e. The number of hydrogen-bond donors (Lipinski definition) is 1. The molecule has 1 aromatic carbocycles.